The zero-order valence-corrected chi connectivity index (χ0v) is 25.0. The number of aromatic nitrogens is 2. The van der Waals surface area contributed by atoms with E-state index < -0.39 is 28.9 Å². The second-order valence-electron chi connectivity index (χ2n) is 12.8. The number of hydrogen-bond acceptors (Lipinski definition) is 9. The summed E-state index contributed by atoms with van der Waals surface area (Å²) in [5.41, 5.74) is 1.40. The van der Waals surface area contributed by atoms with Gasteiger partial charge in [-0.25, -0.2) is 0 Å². The number of ether oxygens (including phenoxy) is 2. The molecule has 2 aromatic heterocycles. The smallest absolute Gasteiger partial charge is 0.320 e. The number of carbonyl (C=O) groups is 3. The molecule has 0 spiro atoms. The van der Waals surface area contributed by atoms with Crippen LogP contribution in [0, 0.1) is 11.3 Å². The van der Waals surface area contributed by atoms with Gasteiger partial charge in [-0.15, -0.1) is 0 Å². The summed E-state index contributed by atoms with van der Waals surface area (Å²) >= 11 is 0. The van der Waals surface area contributed by atoms with Crippen LogP contribution in [0.1, 0.15) is 113 Å². The summed E-state index contributed by atoms with van der Waals surface area (Å²) in [6, 6.07) is 10.9. The van der Waals surface area contributed by atoms with E-state index in [9.17, 15) is 14.4 Å². The average Bonchev–Trinajstić information content (AvgIpc) is 3.45. The lowest BCUT2D eigenvalue weighted by Gasteiger charge is -2.25. The van der Waals surface area contributed by atoms with E-state index in [1.165, 1.54) is 0 Å². The molecule has 0 aliphatic heterocycles. The van der Waals surface area contributed by atoms with Gasteiger partial charge in [0.15, 0.2) is 17.4 Å². The molecule has 4 rings (SSSR count). The molecule has 0 N–H and O–H groups in total. The number of rotatable bonds is 11. The van der Waals surface area contributed by atoms with Crippen LogP contribution in [0.4, 0.5) is 0 Å². The lowest BCUT2D eigenvalue weighted by molar-refractivity contribution is -0.170. The molecular formula is C32H40N2O7. The molecule has 2 heterocycles. The number of esters is 2. The summed E-state index contributed by atoms with van der Waals surface area (Å²) in [5, 5.41) is 8.55. The highest BCUT2D eigenvalue weighted by Crippen LogP contribution is 2.49. The van der Waals surface area contributed by atoms with Crippen molar-refractivity contribution < 1.29 is 32.9 Å². The Balaban J connectivity index is 1.62. The molecule has 1 unspecified atom stereocenters. The Hall–Kier alpha value is -3.75. The first kappa shape index (κ1) is 30.2. The van der Waals surface area contributed by atoms with Crippen molar-refractivity contribution in [2.45, 2.75) is 98.2 Å². The van der Waals surface area contributed by atoms with Crippen molar-refractivity contribution in [3.63, 3.8) is 0 Å². The minimum Gasteiger partial charge on any atom is -0.460 e. The SMILES string of the molecule is CCC(C[C@H](C(=O)OCc1ccccc1)C(=O)OC(C)(C)C)c1noc(-c2cc(C(=O)C(C)(C)C)on2)c1C1CC1. The van der Waals surface area contributed by atoms with Gasteiger partial charge in [-0.2, -0.15) is 0 Å². The molecule has 9 heteroatoms. The van der Waals surface area contributed by atoms with Crippen LogP contribution in [-0.4, -0.2) is 33.6 Å². The maximum Gasteiger partial charge on any atom is 0.320 e. The van der Waals surface area contributed by atoms with Gasteiger partial charge in [0.2, 0.25) is 11.5 Å². The molecule has 41 heavy (non-hydrogen) atoms. The fourth-order valence-electron chi connectivity index (χ4n) is 4.66. The van der Waals surface area contributed by atoms with Gasteiger partial charge < -0.3 is 18.5 Å². The van der Waals surface area contributed by atoms with Crippen molar-refractivity contribution in [2.24, 2.45) is 11.3 Å². The molecule has 1 aliphatic rings. The zero-order valence-electron chi connectivity index (χ0n) is 25.0. The molecule has 1 aliphatic carbocycles. The van der Waals surface area contributed by atoms with E-state index in [-0.39, 0.29) is 36.4 Å². The Morgan fingerprint density at radius 3 is 2.24 bits per heavy atom. The van der Waals surface area contributed by atoms with Gasteiger partial charge in [0, 0.05) is 23.0 Å². The molecule has 0 radical (unpaired) electrons. The van der Waals surface area contributed by atoms with Gasteiger partial charge in [0.25, 0.3) is 0 Å². The summed E-state index contributed by atoms with van der Waals surface area (Å²) in [6.07, 6.45) is 2.66. The lowest BCUT2D eigenvalue weighted by atomic mass is 9.86. The predicted molar refractivity (Wildman–Crippen MR) is 151 cm³/mol. The molecule has 1 aromatic carbocycles. The van der Waals surface area contributed by atoms with Gasteiger partial charge in [0.05, 0.1) is 5.69 Å². The number of hydrogen-bond donors (Lipinski definition) is 0. The van der Waals surface area contributed by atoms with Crippen molar-refractivity contribution in [1.82, 2.24) is 10.3 Å². The van der Waals surface area contributed by atoms with E-state index in [4.69, 9.17) is 18.5 Å². The van der Waals surface area contributed by atoms with Crippen molar-refractivity contribution in [3.8, 4) is 11.5 Å². The topological polar surface area (TPSA) is 122 Å². The Labute approximate surface area is 240 Å². The minimum atomic E-state index is -1.14. The van der Waals surface area contributed by atoms with Gasteiger partial charge >= 0.3 is 11.9 Å². The highest BCUT2D eigenvalue weighted by molar-refractivity contribution is 5.98. The molecule has 1 saturated carbocycles. The first-order valence-corrected chi connectivity index (χ1v) is 14.2. The van der Waals surface area contributed by atoms with E-state index >= 15 is 0 Å². The fourth-order valence-corrected chi connectivity index (χ4v) is 4.66. The standard InChI is InChI=1S/C32H40N2O7/c1-8-20(16-22(30(37)39-32(5,6)7)29(36)38-18-19-12-10-9-11-13-19)26-25(21-14-15-21)27(41-34-26)23-17-24(40-33-23)28(35)31(2,3)4/h9-13,17,20-22H,8,14-16,18H2,1-7H3/t20?,22-/m1/s1. The van der Waals surface area contributed by atoms with Crippen molar-refractivity contribution in [3.05, 3.63) is 59.0 Å². The maximum atomic E-state index is 13.3. The summed E-state index contributed by atoms with van der Waals surface area (Å²) in [4.78, 5) is 39.3. The van der Waals surface area contributed by atoms with Crippen LogP contribution in [0.3, 0.4) is 0 Å². The Kier molecular flexibility index (Phi) is 8.85. The first-order valence-electron chi connectivity index (χ1n) is 14.2. The number of ketones is 1. The zero-order chi connectivity index (χ0) is 29.9. The molecule has 0 amide bonds. The molecule has 1 fully saturated rings. The number of nitrogens with zero attached hydrogens (tertiary/aromatic N) is 2. The van der Waals surface area contributed by atoms with Crippen LogP contribution >= 0.6 is 0 Å². The average molecular weight is 565 g/mol. The minimum absolute atomic E-state index is 0.0545. The third kappa shape index (κ3) is 7.51. The molecule has 9 nitrogen and oxygen atoms in total. The third-order valence-electron chi connectivity index (χ3n) is 6.99. The van der Waals surface area contributed by atoms with Crippen LogP contribution in [0.2, 0.25) is 0 Å². The van der Waals surface area contributed by atoms with Crippen molar-refractivity contribution in [1.29, 1.82) is 0 Å². The summed E-state index contributed by atoms with van der Waals surface area (Å²) in [7, 11) is 0. The van der Waals surface area contributed by atoms with Crippen LogP contribution in [-0.2, 0) is 25.7 Å². The number of Topliss-reactive ketones (excluding diaryl/α,β-unsaturated/α-hetero) is 1. The fraction of sp³-hybridized carbons (Fsp3) is 0.531. The molecule has 0 bridgehead atoms. The number of benzene rings is 1. The third-order valence-corrected chi connectivity index (χ3v) is 6.99. The van der Waals surface area contributed by atoms with Gasteiger partial charge in [-0.3, -0.25) is 14.4 Å². The van der Waals surface area contributed by atoms with Crippen LogP contribution in [0.5, 0.6) is 0 Å². The monoisotopic (exact) mass is 564 g/mol. The predicted octanol–water partition coefficient (Wildman–Crippen LogP) is 7.02. The van der Waals surface area contributed by atoms with Crippen LogP contribution < -0.4 is 0 Å². The quantitative estimate of drug-likeness (QED) is 0.137. The van der Waals surface area contributed by atoms with Gasteiger partial charge in [0.1, 0.15) is 12.2 Å². The molecular weight excluding hydrogens is 524 g/mol. The summed E-state index contributed by atoms with van der Waals surface area (Å²) in [5.74, 6) is -2.03. The van der Waals surface area contributed by atoms with E-state index in [1.54, 1.807) is 26.8 Å². The molecule has 3 aromatic rings. The Morgan fingerprint density at radius 2 is 1.66 bits per heavy atom. The Morgan fingerprint density at radius 1 is 0.976 bits per heavy atom. The molecule has 220 valence electrons. The summed E-state index contributed by atoms with van der Waals surface area (Å²) < 4.78 is 22.4. The largest absolute Gasteiger partial charge is 0.460 e. The molecule has 2 atom stereocenters. The highest BCUT2D eigenvalue weighted by Gasteiger charge is 2.40. The van der Waals surface area contributed by atoms with Crippen molar-refractivity contribution >= 4 is 17.7 Å². The molecule has 0 saturated heterocycles. The van der Waals surface area contributed by atoms with E-state index in [2.05, 4.69) is 10.3 Å². The van der Waals surface area contributed by atoms with E-state index in [1.807, 2.05) is 58.0 Å². The van der Waals surface area contributed by atoms with E-state index in [0.29, 0.717) is 23.6 Å². The van der Waals surface area contributed by atoms with E-state index in [0.717, 1.165) is 24.0 Å². The lowest BCUT2D eigenvalue weighted by Crippen LogP contribution is -2.34. The maximum absolute atomic E-state index is 13.3. The Bertz CT molecular complexity index is 1370. The first-order chi connectivity index (χ1) is 19.3. The number of carbonyl (C=O) groups excluding carboxylic acids is 3. The van der Waals surface area contributed by atoms with Gasteiger partial charge in [-0.1, -0.05) is 68.3 Å². The second-order valence-corrected chi connectivity index (χ2v) is 12.8. The van der Waals surface area contributed by atoms with Crippen LogP contribution in [0.15, 0.2) is 45.4 Å². The van der Waals surface area contributed by atoms with Crippen molar-refractivity contribution in [2.75, 3.05) is 0 Å². The highest BCUT2D eigenvalue weighted by atomic mass is 16.6. The summed E-state index contributed by atoms with van der Waals surface area (Å²) in [6.45, 7) is 12.8. The second kappa shape index (κ2) is 12.0. The normalized spacial score (nSPS) is 15.3. The van der Waals surface area contributed by atoms with Crippen LogP contribution in [0.25, 0.3) is 11.5 Å². The van der Waals surface area contributed by atoms with Gasteiger partial charge in [-0.05, 0) is 57.9 Å².